The third-order valence-electron chi connectivity index (χ3n) is 5.20. The van der Waals surface area contributed by atoms with Gasteiger partial charge < -0.3 is 9.47 Å². The summed E-state index contributed by atoms with van der Waals surface area (Å²) in [7, 11) is 0. The molecule has 0 amide bonds. The van der Waals surface area contributed by atoms with Crippen molar-refractivity contribution in [3.05, 3.63) is 0 Å². The average molecular weight is 908 g/mol. The van der Waals surface area contributed by atoms with Crippen molar-refractivity contribution in [3.8, 4) is 0 Å². The van der Waals surface area contributed by atoms with E-state index >= 15 is 0 Å². The summed E-state index contributed by atoms with van der Waals surface area (Å²) in [5.74, 6) is -72.3. The van der Waals surface area contributed by atoms with Gasteiger partial charge in [0.1, 0.15) is 0 Å². The van der Waals surface area contributed by atoms with E-state index < -0.39 is 102 Å². The summed E-state index contributed by atoms with van der Waals surface area (Å²) in [4.78, 5) is 22.2. The second-order valence-corrected chi connectivity index (χ2v) is 9.10. The highest BCUT2D eigenvalue weighted by Crippen LogP contribution is 2.59. The highest BCUT2D eigenvalue weighted by molar-refractivity contribution is 5.80. The Kier molecular flexibility index (Phi) is 12.5. The van der Waals surface area contributed by atoms with Gasteiger partial charge in [-0.2, -0.15) is 140 Å². The molecule has 0 rings (SSSR count). The molecule has 0 aliphatic rings. The third kappa shape index (κ3) is 8.22. The fourth-order valence-electron chi connectivity index (χ4n) is 2.30. The smallest absolute Gasteiger partial charge is 0.391 e. The number of carbonyl (C=O) groups excluding carboxylic acids is 2. The maximum Gasteiger partial charge on any atom is 0.473 e. The van der Waals surface area contributed by atoms with Crippen LogP contribution in [-0.4, -0.2) is 102 Å². The van der Waals surface area contributed by atoms with Gasteiger partial charge in [0, 0.05) is 0 Å². The third-order valence-corrected chi connectivity index (χ3v) is 5.20. The molecule has 0 N–H and O–H groups in total. The average Bonchev–Trinajstić information content (AvgIpc) is 2.88. The van der Waals surface area contributed by atoms with Gasteiger partial charge in [-0.1, -0.05) is 0 Å². The summed E-state index contributed by atoms with van der Waals surface area (Å²) < 4.78 is 423. The molecule has 0 aromatic carbocycles. The summed E-state index contributed by atoms with van der Waals surface area (Å²) in [5, 5.41) is 0. The summed E-state index contributed by atoms with van der Waals surface area (Å²) in [6, 6.07) is 0. The molecule has 6 nitrogen and oxygen atoms in total. The minimum Gasteiger partial charge on any atom is -0.391 e. The Morgan fingerprint density at radius 1 is 0.255 bits per heavy atom. The van der Waals surface area contributed by atoms with E-state index in [0.717, 1.165) is 9.47 Å². The molecule has 55 heavy (non-hydrogen) atoms. The van der Waals surface area contributed by atoms with Crippen LogP contribution in [0, 0.1) is 0 Å². The number of carbonyl (C=O) groups is 2. The number of esters is 2. The van der Waals surface area contributed by atoms with E-state index in [0.29, 0.717) is 0 Å². The first-order valence-corrected chi connectivity index (χ1v) is 11.1. The van der Waals surface area contributed by atoms with Gasteiger partial charge >= 0.3 is 102 Å². The molecule has 0 aliphatic carbocycles. The molecule has 0 fully saturated rings. The Balaban J connectivity index is 7.12. The van der Waals surface area contributed by atoms with Gasteiger partial charge in [-0.05, 0) is 0 Å². The molecule has 38 heteroatoms. The topological polar surface area (TPSA) is 71.1 Å². The monoisotopic (exact) mass is 908 g/mol. The van der Waals surface area contributed by atoms with Crippen LogP contribution in [0.25, 0.3) is 0 Å². The molecular formula is C17F32O6. The van der Waals surface area contributed by atoms with Crippen LogP contribution < -0.4 is 0 Å². The first-order chi connectivity index (χ1) is 23.2. The number of halogens is 32. The van der Waals surface area contributed by atoms with Crippen molar-refractivity contribution in [1.82, 2.24) is 0 Å². The summed E-state index contributed by atoms with van der Waals surface area (Å²) in [5.41, 5.74) is 0. The second kappa shape index (κ2) is 13.4. The fourth-order valence-corrected chi connectivity index (χ4v) is 2.30. The normalized spacial score (nSPS) is 18.0. The molecule has 2 atom stereocenters. The molecule has 0 heterocycles. The largest absolute Gasteiger partial charge is 0.473 e. The van der Waals surface area contributed by atoms with Crippen molar-refractivity contribution in [1.29, 1.82) is 0 Å². The number of hydrogen-bond acceptors (Lipinski definition) is 6. The Bertz CT molecular complexity index is 1310. The van der Waals surface area contributed by atoms with E-state index in [-0.39, 0.29) is 0 Å². The summed E-state index contributed by atoms with van der Waals surface area (Å²) in [6.07, 6.45) is -66.6. The van der Waals surface area contributed by atoms with Gasteiger partial charge in [0.2, 0.25) is 0 Å². The van der Waals surface area contributed by atoms with Gasteiger partial charge in [-0.15, -0.1) is 0 Å². The van der Waals surface area contributed by atoms with E-state index in [1.165, 1.54) is 9.47 Å². The number of hydrogen-bond donors (Lipinski definition) is 0. The molecule has 0 spiro atoms. The van der Waals surface area contributed by atoms with Crippen molar-refractivity contribution in [2.24, 2.45) is 0 Å². The summed E-state index contributed by atoms with van der Waals surface area (Å²) >= 11 is 0. The molecule has 0 bridgehead atoms. The van der Waals surface area contributed by atoms with E-state index in [1.54, 1.807) is 0 Å². The first-order valence-electron chi connectivity index (χ1n) is 11.1. The van der Waals surface area contributed by atoms with Gasteiger partial charge in [0.15, 0.2) is 0 Å². The van der Waals surface area contributed by atoms with E-state index in [9.17, 15) is 150 Å². The lowest BCUT2D eigenvalue weighted by atomic mass is 10.0. The van der Waals surface area contributed by atoms with Crippen LogP contribution in [0.2, 0.25) is 0 Å². The maximum atomic E-state index is 14.0. The summed E-state index contributed by atoms with van der Waals surface area (Å²) in [6.45, 7) is 0. The van der Waals surface area contributed by atoms with Crippen LogP contribution in [0.5, 0.6) is 0 Å². The molecule has 0 saturated heterocycles. The van der Waals surface area contributed by atoms with Crippen molar-refractivity contribution in [2.75, 3.05) is 0 Å². The van der Waals surface area contributed by atoms with Gasteiger partial charge in [-0.25, -0.2) is 9.59 Å². The standard InChI is InChI=1S/C17F32O6/c18-3(10(30,31)32,54-16(46,47)8(26,27)12(36,37)38)1(50)52-14(42,43)6(22,23)5(20,21)7(24,25)15(44,45)53-2(51)4(19,11(33,34)35)55-17(48,49)9(28,29)13(39,40)41. The van der Waals surface area contributed by atoms with Gasteiger partial charge in [0.05, 0.1) is 0 Å². The molecule has 328 valence electrons. The lowest BCUT2D eigenvalue weighted by molar-refractivity contribution is -0.487. The lowest BCUT2D eigenvalue weighted by Crippen LogP contribution is -2.70. The number of rotatable bonds is 14. The maximum absolute atomic E-state index is 14.0. The molecule has 0 aliphatic heterocycles. The van der Waals surface area contributed by atoms with Crippen LogP contribution in [0.15, 0.2) is 0 Å². The highest BCUT2D eigenvalue weighted by atomic mass is 19.4. The highest BCUT2D eigenvalue weighted by Gasteiger charge is 2.91. The Labute approximate surface area is 273 Å². The van der Waals surface area contributed by atoms with Crippen molar-refractivity contribution in [3.63, 3.8) is 0 Å². The van der Waals surface area contributed by atoms with E-state index in [4.69, 9.17) is 0 Å². The molecule has 0 aromatic heterocycles. The Morgan fingerprint density at radius 2 is 0.455 bits per heavy atom. The minimum absolute atomic E-state index is 1.12. The zero-order valence-electron chi connectivity index (χ0n) is 23.0. The predicted octanol–water partition coefficient (Wildman–Crippen LogP) is 9.23. The lowest BCUT2D eigenvalue weighted by Gasteiger charge is -2.39. The van der Waals surface area contributed by atoms with E-state index in [1.807, 2.05) is 0 Å². The molecule has 0 saturated carbocycles. The van der Waals surface area contributed by atoms with Crippen molar-refractivity contribution >= 4 is 11.9 Å². The number of alkyl halides is 32. The zero-order chi connectivity index (χ0) is 45.5. The molecular weight excluding hydrogens is 908 g/mol. The van der Waals surface area contributed by atoms with Gasteiger partial charge in [-0.3, -0.25) is 9.47 Å². The van der Waals surface area contributed by atoms with Crippen LogP contribution in [0.3, 0.4) is 0 Å². The fraction of sp³-hybridized carbons (Fsp3) is 0.882. The zero-order valence-corrected chi connectivity index (χ0v) is 23.0. The Morgan fingerprint density at radius 3 is 0.618 bits per heavy atom. The minimum atomic E-state index is -9.38. The Hall–Kier alpha value is -3.38. The van der Waals surface area contributed by atoms with Crippen molar-refractivity contribution < 1.29 is 169 Å². The van der Waals surface area contributed by atoms with Crippen LogP contribution in [0.1, 0.15) is 0 Å². The number of ether oxygens (including phenoxy) is 4. The predicted molar refractivity (Wildman–Crippen MR) is 90.8 cm³/mol. The molecule has 2 unspecified atom stereocenters. The van der Waals surface area contributed by atoms with E-state index in [2.05, 4.69) is 0 Å². The quantitative estimate of drug-likeness (QED) is 0.128. The molecule has 0 aromatic rings. The van der Waals surface area contributed by atoms with Gasteiger partial charge in [0.25, 0.3) is 0 Å². The SMILES string of the molecule is O=C(OC(F)(F)C(F)(F)C(F)(F)C(F)(F)C(F)(F)OC(=O)C(F)(OC(F)(F)C(F)(F)C(F)(F)F)C(F)(F)F)C(F)(OC(F)(F)C(F)(F)C(F)(F)F)C(F)(F)F. The van der Waals surface area contributed by atoms with Crippen LogP contribution in [0.4, 0.5) is 140 Å². The van der Waals surface area contributed by atoms with Crippen molar-refractivity contribution in [2.45, 2.75) is 90.5 Å². The first kappa shape index (κ1) is 51.6. The van der Waals surface area contributed by atoms with Crippen LogP contribution >= 0.6 is 0 Å². The molecule has 0 radical (unpaired) electrons. The van der Waals surface area contributed by atoms with Crippen LogP contribution in [-0.2, 0) is 28.5 Å². The second-order valence-electron chi connectivity index (χ2n) is 9.10.